The first-order valence-corrected chi connectivity index (χ1v) is 18.2. The van der Waals surface area contributed by atoms with Crippen LogP contribution in [-0.4, -0.2) is 71.0 Å². The van der Waals surface area contributed by atoms with Crippen LogP contribution >= 0.6 is 11.8 Å². The van der Waals surface area contributed by atoms with Crippen molar-refractivity contribution in [3.05, 3.63) is 132 Å². The van der Waals surface area contributed by atoms with Gasteiger partial charge in [-0.05, 0) is 41.5 Å². The summed E-state index contributed by atoms with van der Waals surface area (Å²) in [5.41, 5.74) is 4.02. The minimum Gasteiger partial charge on any atom is -0.462 e. The third kappa shape index (κ3) is 12.4. The largest absolute Gasteiger partial charge is 0.462 e. The summed E-state index contributed by atoms with van der Waals surface area (Å²) in [5.74, 6) is -0.938. The van der Waals surface area contributed by atoms with Crippen LogP contribution in [0.4, 0.5) is 4.79 Å². The van der Waals surface area contributed by atoms with Crippen molar-refractivity contribution < 1.29 is 33.8 Å². The molecule has 0 radical (unpaired) electrons. The van der Waals surface area contributed by atoms with Gasteiger partial charge in [0.15, 0.2) is 0 Å². The summed E-state index contributed by atoms with van der Waals surface area (Å²) in [6.07, 6.45) is 3.16. The number of aliphatic hydroxyl groups is 1. The number of allylic oxidation sites excluding steroid dienone is 1. The third-order valence-electron chi connectivity index (χ3n) is 8.52. The van der Waals surface area contributed by atoms with Crippen molar-refractivity contribution in [3.63, 3.8) is 0 Å². The molecule has 1 aliphatic heterocycles. The molecule has 3 N–H and O–H groups in total. The van der Waals surface area contributed by atoms with Gasteiger partial charge >= 0.3 is 12.1 Å². The fraction of sp³-hybridized carbons (Fsp3) is 0.350. The first-order chi connectivity index (χ1) is 24.8. The van der Waals surface area contributed by atoms with Crippen LogP contribution in [0.2, 0.25) is 0 Å². The summed E-state index contributed by atoms with van der Waals surface area (Å²) in [7, 11) is 0. The highest BCUT2D eigenvalue weighted by molar-refractivity contribution is 7.98. The number of carbonyl (C=O) groups is 4. The zero-order valence-electron chi connectivity index (χ0n) is 28.8. The van der Waals surface area contributed by atoms with E-state index in [0.717, 1.165) is 22.3 Å². The van der Waals surface area contributed by atoms with E-state index in [9.17, 15) is 24.3 Å². The van der Waals surface area contributed by atoms with Gasteiger partial charge < -0.3 is 30.1 Å². The molecule has 11 heteroatoms. The lowest BCUT2D eigenvalue weighted by Gasteiger charge is -2.36. The number of ether oxygens (including phenoxy) is 2. The number of amides is 3. The highest BCUT2D eigenvalue weighted by atomic mass is 32.2. The van der Waals surface area contributed by atoms with Crippen molar-refractivity contribution in [2.45, 2.75) is 62.7 Å². The molecule has 3 aromatic carbocycles. The average molecular weight is 714 g/mol. The Balaban J connectivity index is 1.39. The molecule has 4 unspecified atom stereocenters. The minimum atomic E-state index is -1.04. The van der Waals surface area contributed by atoms with Crippen LogP contribution in [0.25, 0.3) is 0 Å². The quantitative estimate of drug-likeness (QED) is 0.112. The number of rotatable bonds is 19. The second-order valence-corrected chi connectivity index (χ2v) is 13.4. The molecule has 0 saturated heterocycles. The van der Waals surface area contributed by atoms with Crippen molar-refractivity contribution in [2.75, 3.05) is 19.0 Å². The molecule has 0 saturated carbocycles. The fourth-order valence-electron chi connectivity index (χ4n) is 5.77. The predicted molar refractivity (Wildman–Crippen MR) is 198 cm³/mol. The van der Waals surface area contributed by atoms with Crippen LogP contribution in [-0.2, 0) is 49.2 Å². The molecule has 0 bridgehead atoms. The Morgan fingerprint density at radius 2 is 1.51 bits per heavy atom. The molecular formula is C40H47N3O7S. The SMILES string of the molecule is C=CCC(CC(=O)N1Cc2ccccc2CC1CO)C(=O)NC(COC(=O)C(CC=C)NC(=O)OCc1ccccc1)CSCc1ccccc1. The zero-order valence-corrected chi connectivity index (χ0v) is 29.6. The molecule has 51 heavy (non-hydrogen) atoms. The van der Waals surface area contributed by atoms with Gasteiger partial charge in [-0.2, -0.15) is 11.8 Å². The summed E-state index contributed by atoms with van der Waals surface area (Å²) in [5, 5.41) is 15.7. The van der Waals surface area contributed by atoms with Crippen LogP contribution in [0.1, 0.15) is 41.5 Å². The topological polar surface area (TPSA) is 134 Å². The number of alkyl carbamates (subject to hydrolysis) is 1. The molecule has 0 fully saturated rings. The third-order valence-corrected chi connectivity index (χ3v) is 9.70. The highest BCUT2D eigenvalue weighted by Crippen LogP contribution is 2.25. The van der Waals surface area contributed by atoms with Crippen molar-refractivity contribution in [1.29, 1.82) is 0 Å². The minimum absolute atomic E-state index is 0.0371. The first-order valence-electron chi connectivity index (χ1n) is 17.1. The van der Waals surface area contributed by atoms with Gasteiger partial charge in [0.05, 0.1) is 24.6 Å². The maximum absolute atomic E-state index is 13.7. The number of carbonyl (C=O) groups excluding carboxylic acids is 4. The van der Waals surface area contributed by atoms with Gasteiger partial charge in [-0.15, -0.1) is 13.2 Å². The molecule has 3 aromatic rings. The number of thioether (sulfide) groups is 1. The number of nitrogens with one attached hydrogen (secondary N) is 2. The van der Waals surface area contributed by atoms with E-state index in [2.05, 4.69) is 23.8 Å². The number of nitrogens with zero attached hydrogens (tertiary/aromatic N) is 1. The number of esters is 1. The second kappa shape index (κ2) is 20.7. The maximum Gasteiger partial charge on any atom is 0.408 e. The Morgan fingerprint density at radius 1 is 0.863 bits per heavy atom. The molecule has 10 nitrogen and oxygen atoms in total. The number of aliphatic hydroxyl groups excluding tert-OH is 1. The Labute approximate surface area is 304 Å². The van der Waals surface area contributed by atoms with Gasteiger partial charge in [-0.25, -0.2) is 9.59 Å². The maximum atomic E-state index is 13.7. The predicted octanol–water partition coefficient (Wildman–Crippen LogP) is 5.35. The second-order valence-electron chi connectivity index (χ2n) is 12.4. The van der Waals surface area contributed by atoms with Crippen LogP contribution in [0.15, 0.2) is 110 Å². The normalized spacial score (nSPS) is 15.3. The Kier molecular flexibility index (Phi) is 15.8. The molecule has 0 aliphatic carbocycles. The van der Waals surface area contributed by atoms with Crippen LogP contribution < -0.4 is 10.6 Å². The van der Waals surface area contributed by atoms with Crippen molar-refractivity contribution in [1.82, 2.24) is 15.5 Å². The van der Waals surface area contributed by atoms with Gasteiger partial charge in [0, 0.05) is 24.5 Å². The van der Waals surface area contributed by atoms with Gasteiger partial charge in [0.25, 0.3) is 0 Å². The van der Waals surface area contributed by atoms with E-state index >= 15 is 0 Å². The van der Waals surface area contributed by atoms with E-state index < -0.39 is 30.1 Å². The molecule has 0 spiro atoms. The highest BCUT2D eigenvalue weighted by Gasteiger charge is 2.32. The number of hydrogen-bond acceptors (Lipinski definition) is 8. The van der Waals surface area contributed by atoms with E-state index in [0.29, 0.717) is 24.5 Å². The molecule has 4 atom stereocenters. The summed E-state index contributed by atoms with van der Waals surface area (Å²) in [6.45, 7) is 7.54. The lowest BCUT2D eigenvalue weighted by molar-refractivity contribution is -0.147. The monoisotopic (exact) mass is 713 g/mol. The van der Waals surface area contributed by atoms with E-state index in [4.69, 9.17) is 9.47 Å². The molecule has 1 aliphatic rings. The average Bonchev–Trinajstić information content (AvgIpc) is 3.15. The fourth-order valence-corrected chi connectivity index (χ4v) is 6.78. The van der Waals surface area contributed by atoms with Crippen molar-refractivity contribution in [2.24, 2.45) is 5.92 Å². The molecule has 3 amide bonds. The molecule has 4 rings (SSSR count). The number of fused-ring (bicyclic) bond motifs is 1. The number of benzene rings is 3. The molecule has 1 heterocycles. The first kappa shape index (κ1) is 38.9. The van der Waals surface area contributed by atoms with Gasteiger partial charge in [-0.1, -0.05) is 97.1 Å². The molecule has 270 valence electrons. The summed E-state index contributed by atoms with van der Waals surface area (Å²) < 4.78 is 10.9. The Hall–Kier alpha value is -4.87. The summed E-state index contributed by atoms with van der Waals surface area (Å²) >= 11 is 1.57. The smallest absolute Gasteiger partial charge is 0.408 e. The van der Waals surface area contributed by atoms with Crippen LogP contribution in [0.5, 0.6) is 0 Å². The summed E-state index contributed by atoms with van der Waals surface area (Å²) in [6, 6.07) is 24.8. The van der Waals surface area contributed by atoms with Gasteiger partial charge in [0.1, 0.15) is 19.3 Å². The lowest BCUT2D eigenvalue weighted by Crippen LogP contribution is -2.49. The number of hydrogen-bond donors (Lipinski definition) is 3. The van der Waals surface area contributed by atoms with E-state index in [-0.39, 0.29) is 56.9 Å². The van der Waals surface area contributed by atoms with E-state index in [1.807, 2.05) is 84.9 Å². The Bertz CT molecular complexity index is 1600. The zero-order chi connectivity index (χ0) is 36.4. The molecule has 0 aromatic heterocycles. The summed E-state index contributed by atoms with van der Waals surface area (Å²) in [4.78, 5) is 54.7. The van der Waals surface area contributed by atoms with E-state index in [1.54, 1.807) is 22.7 Å². The van der Waals surface area contributed by atoms with Gasteiger partial charge in [0.2, 0.25) is 11.8 Å². The standard InChI is InChI=1S/C40H47N3O7S/c1-3-13-32(22-37(45)43-23-33-20-12-11-19-31(33)21-35(43)24-44)38(46)41-34(28-51-27-30-17-9-6-10-18-30)26-49-39(47)36(14-4-2)42-40(48)50-25-29-15-7-5-8-16-29/h3-12,15-20,32,34-36,44H,1-2,13-14,21-28H2,(H,41,46)(H,42,48). The van der Waals surface area contributed by atoms with E-state index in [1.165, 1.54) is 6.08 Å². The van der Waals surface area contributed by atoms with Crippen LogP contribution in [0, 0.1) is 5.92 Å². The van der Waals surface area contributed by atoms with Gasteiger partial charge in [-0.3, -0.25) is 9.59 Å². The van der Waals surface area contributed by atoms with Crippen molar-refractivity contribution >= 4 is 35.6 Å². The lowest BCUT2D eigenvalue weighted by atomic mass is 9.92. The Morgan fingerprint density at radius 3 is 2.18 bits per heavy atom. The molecular weight excluding hydrogens is 667 g/mol. The van der Waals surface area contributed by atoms with Crippen molar-refractivity contribution in [3.8, 4) is 0 Å². The van der Waals surface area contributed by atoms with Crippen LogP contribution in [0.3, 0.4) is 0 Å².